The monoisotopic (exact) mass is 348 g/mol. The zero-order chi connectivity index (χ0) is 17.9. The smallest absolute Gasteiger partial charge is 0.255 e. The number of rotatable bonds is 4. The van der Waals surface area contributed by atoms with E-state index in [4.69, 9.17) is 4.98 Å². The third kappa shape index (κ3) is 3.09. The number of benzene rings is 1. The SMILES string of the molecule is CCCn1c(C2CCCN(C(=O)c3cccnc3)C2)nc2ccccc21. The average Bonchev–Trinajstić information content (AvgIpc) is 3.07. The second kappa shape index (κ2) is 7.28. The normalized spacial score (nSPS) is 17.6. The van der Waals surface area contributed by atoms with Gasteiger partial charge in [-0.2, -0.15) is 0 Å². The highest BCUT2D eigenvalue weighted by molar-refractivity contribution is 5.94. The Balaban J connectivity index is 1.63. The van der Waals surface area contributed by atoms with Gasteiger partial charge in [0.1, 0.15) is 5.82 Å². The maximum atomic E-state index is 12.8. The number of carbonyl (C=O) groups is 1. The van der Waals surface area contributed by atoms with E-state index in [1.165, 1.54) is 5.52 Å². The Hall–Kier alpha value is -2.69. The summed E-state index contributed by atoms with van der Waals surface area (Å²) in [5.41, 5.74) is 2.90. The lowest BCUT2D eigenvalue weighted by atomic mass is 9.96. The number of nitrogens with zero attached hydrogens (tertiary/aromatic N) is 4. The van der Waals surface area contributed by atoms with Crippen molar-refractivity contribution in [3.05, 3.63) is 60.2 Å². The molecular formula is C21H24N4O. The van der Waals surface area contributed by atoms with E-state index in [0.717, 1.165) is 50.2 Å². The lowest BCUT2D eigenvalue weighted by Crippen LogP contribution is -2.39. The van der Waals surface area contributed by atoms with Gasteiger partial charge in [0.25, 0.3) is 5.91 Å². The summed E-state index contributed by atoms with van der Waals surface area (Å²) in [5.74, 6) is 1.47. The molecule has 3 aromatic rings. The Labute approximate surface area is 153 Å². The van der Waals surface area contributed by atoms with Crippen LogP contribution < -0.4 is 0 Å². The molecule has 5 heteroatoms. The van der Waals surface area contributed by atoms with E-state index in [1.807, 2.05) is 23.1 Å². The predicted octanol–water partition coefficient (Wildman–Crippen LogP) is 3.86. The summed E-state index contributed by atoms with van der Waals surface area (Å²) in [4.78, 5) is 23.8. The number of imidazole rings is 1. The number of carbonyl (C=O) groups excluding carboxylic acids is 1. The number of aromatic nitrogens is 3. The summed E-state index contributed by atoms with van der Waals surface area (Å²) >= 11 is 0. The van der Waals surface area contributed by atoms with Crippen molar-refractivity contribution < 1.29 is 4.79 Å². The number of hydrogen-bond acceptors (Lipinski definition) is 3. The molecule has 134 valence electrons. The molecule has 0 N–H and O–H groups in total. The predicted molar refractivity (Wildman–Crippen MR) is 102 cm³/mol. The molecule has 1 saturated heterocycles. The van der Waals surface area contributed by atoms with Crippen LogP contribution in [0.25, 0.3) is 11.0 Å². The number of hydrogen-bond donors (Lipinski definition) is 0. The highest BCUT2D eigenvalue weighted by Crippen LogP contribution is 2.30. The van der Waals surface area contributed by atoms with Gasteiger partial charge in [-0.1, -0.05) is 19.1 Å². The molecule has 0 spiro atoms. The van der Waals surface area contributed by atoms with Gasteiger partial charge in [0.05, 0.1) is 16.6 Å². The lowest BCUT2D eigenvalue weighted by molar-refractivity contribution is 0.0703. The summed E-state index contributed by atoms with van der Waals surface area (Å²) in [5, 5.41) is 0. The van der Waals surface area contributed by atoms with Gasteiger partial charge in [0.15, 0.2) is 0 Å². The molecule has 4 rings (SSSR count). The Kier molecular flexibility index (Phi) is 4.69. The topological polar surface area (TPSA) is 51.0 Å². The van der Waals surface area contributed by atoms with Crippen molar-refractivity contribution in [1.29, 1.82) is 0 Å². The first-order chi connectivity index (χ1) is 12.8. The van der Waals surface area contributed by atoms with Gasteiger partial charge in [-0.15, -0.1) is 0 Å². The fourth-order valence-electron chi connectivity index (χ4n) is 3.91. The van der Waals surface area contributed by atoms with E-state index in [0.29, 0.717) is 5.56 Å². The fraction of sp³-hybridized carbons (Fsp3) is 0.381. The van der Waals surface area contributed by atoms with Gasteiger partial charge < -0.3 is 9.47 Å². The molecule has 0 saturated carbocycles. The van der Waals surface area contributed by atoms with E-state index in [9.17, 15) is 4.79 Å². The van der Waals surface area contributed by atoms with E-state index >= 15 is 0 Å². The van der Waals surface area contributed by atoms with E-state index in [2.05, 4.69) is 34.7 Å². The first kappa shape index (κ1) is 16.8. The van der Waals surface area contributed by atoms with Crippen molar-refractivity contribution in [2.24, 2.45) is 0 Å². The molecule has 2 aromatic heterocycles. The molecule has 1 unspecified atom stereocenters. The summed E-state index contributed by atoms with van der Waals surface area (Å²) in [6, 6.07) is 12.0. The first-order valence-electron chi connectivity index (χ1n) is 9.42. The van der Waals surface area contributed by atoms with Gasteiger partial charge in [0.2, 0.25) is 0 Å². The van der Waals surface area contributed by atoms with Crippen LogP contribution in [0.2, 0.25) is 0 Å². The van der Waals surface area contributed by atoms with Gasteiger partial charge in [-0.3, -0.25) is 9.78 Å². The lowest BCUT2D eigenvalue weighted by Gasteiger charge is -2.32. The highest BCUT2D eigenvalue weighted by Gasteiger charge is 2.29. The molecule has 5 nitrogen and oxygen atoms in total. The number of amides is 1. The maximum Gasteiger partial charge on any atom is 0.255 e. The Morgan fingerprint density at radius 2 is 2.12 bits per heavy atom. The highest BCUT2D eigenvalue weighted by atomic mass is 16.2. The zero-order valence-electron chi connectivity index (χ0n) is 15.1. The van der Waals surface area contributed by atoms with Crippen molar-refractivity contribution in [3.8, 4) is 0 Å². The molecule has 1 fully saturated rings. The molecule has 26 heavy (non-hydrogen) atoms. The molecule has 1 aromatic carbocycles. The van der Waals surface area contributed by atoms with Crippen molar-refractivity contribution in [1.82, 2.24) is 19.4 Å². The fourth-order valence-corrected chi connectivity index (χ4v) is 3.91. The van der Waals surface area contributed by atoms with Crippen LogP contribution >= 0.6 is 0 Å². The average molecular weight is 348 g/mol. The molecule has 1 atom stereocenters. The van der Waals surface area contributed by atoms with Crippen LogP contribution in [0.1, 0.15) is 48.3 Å². The van der Waals surface area contributed by atoms with Crippen LogP contribution in [0.4, 0.5) is 0 Å². The van der Waals surface area contributed by atoms with Gasteiger partial charge in [0, 0.05) is 37.9 Å². The Morgan fingerprint density at radius 1 is 1.23 bits per heavy atom. The maximum absolute atomic E-state index is 12.8. The van der Waals surface area contributed by atoms with Crippen LogP contribution in [-0.4, -0.2) is 38.4 Å². The Bertz CT molecular complexity index is 903. The number of aryl methyl sites for hydroxylation is 1. The number of para-hydroxylation sites is 2. The molecule has 0 aliphatic carbocycles. The standard InChI is InChI=1S/C21H24N4O/c1-2-12-25-19-10-4-3-9-18(19)23-20(25)17-8-6-13-24(15-17)21(26)16-7-5-11-22-14-16/h3-5,7,9-11,14,17H,2,6,8,12-13,15H2,1H3. The largest absolute Gasteiger partial charge is 0.338 e. The van der Waals surface area contributed by atoms with Crippen molar-refractivity contribution in [2.45, 2.75) is 38.6 Å². The minimum atomic E-state index is 0.0703. The zero-order valence-corrected chi connectivity index (χ0v) is 15.1. The van der Waals surface area contributed by atoms with Crippen molar-refractivity contribution >= 4 is 16.9 Å². The van der Waals surface area contributed by atoms with Gasteiger partial charge >= 0.3 is 0 Å². The number of pyridine rings is 1. The van der Waals surface area contributed by atoms with Crippen molar-refractivity contribution in [3.63, 3.8) is 0 Å². The van der Waals surface area contributed by atoms with E-state index < -0.39 is 0 Å². The van der Waals surface area contributed by atoms with Crippen LogP contribution in [0.15, 0.2) is 48.8 Å². The van der Waals surface area contributed by atoms with Gasteiger partial charge in [-0.25, -0.2) is 4.98 Å². The minimum absolute atomic E-state index is 0.0703. The minimum Gasteiger partial charge on any atom is -0.338 e. The third-order valence-electron chi connectivity index (χ3n) is 5.11. The number of likely N-dealkylation sites (tertiary alicyclic amines) is 1. The van der Waals surface area contributed by atoms with Crippen LogP contribution in [0.5, 0.6) is 0 Å². The quantitative estimate of drug-likeness (QED) is 0.719. The Morgan fingerprint density at radius 3 is 2.92 bits per heavy atom. The van der Waals surface area contributed by atoms with E-state index in [1.54, 1.807) is 12.4 Å². The summed E-state index contributed by atoms with van der Waals surface area (Å²) in [7, 11) is 0. The first-order valence-corrected chi connectivity index (χ1v) is 9.42. The summed E-state index contributed by atoms with van der Waals surface area (Å²) in [6.07, 6.45) is 6.50. The molecule has 0 radical (unpaired) electrons. The summed E-state index contributed by atoms with van der Waals surface area (Å²) < 4.78 is 2.35. The molecule has 3 heterocycles. The van der Waals surface area contributed by atoms with Crippen molar-refractivity contribution in [2.75, 3.05) is 13.1 Å². The third-order valence-corrected chi connectivity index (χ3v) is 5.11. The van der Waals surface area contributed by atoms with E-state index in [-0.39, 0.29) is 11.8 Å². The second-order valence-electron chi connectivity index (χ2n) is 6.94. The second-order valence-corrected chi connectivity index (χ2v) is 6.94. The van der Waals surface area contributed by atoms with Gasteiger partial charge in [-0.05, 0) is 43.5 Å². The molecule has 1 aliphatic heterocycles. The number of fused-ring (bicyclic) bond motifs is 1. The molecule has 0 bridgehead atoms. The number of piperidine rings is 1. The molecule has 1 amide bonds. The van der Waals surface area contributed by atoms with Crippen LogP contribution in [0, 0.1) is 0 Å². The summed E-state index contributed by atoms with van der Waals surface area (Å²) in [6.45, 7) is 4.68. The van der Waals surface area contributed by atoms with Crippen LogP contribution in [0.3, 0.4) is 0 Å². The molecule has 1 aliphatic rings. The van der Waals surface area contributed by atoms with Crippen LogP contribution in [-0.2, 0) is 6.54 Å². The molecular weight excluding hydrogens is 324 g/mol.